The smallest absolute Gasteiger partial charge is 0.306 e. The molecule has 0 aromatic rings. The first-order valence-corrected chi connectivity index (χ1v) is 25.6. The van der Waals surface area contributed by atoms with Gasteiger partial charge in [-0.15, -0.1) is 0 Å². The van der Waals surface area contributed by atoms with Gasteiger partial charge in [-0.2, -0.15) is 0 Å². The highest BCUT2D eigenvalue weighted by Gasteiger charge is 2.19. The van der Waals surface area contributed by atoms with E-state index in [1.165, 1.54) is 12.8 Å². The van der Waals surface area contributed by atoms with Crippen LogP contribution in [0.1, 0.15) is 181 Å². The monoisotopic (exact) mass is 907 g/mol. The zero-order chi connectivity index (χ0) is 47.9. The lowest BCUT2D eigenvalue weighted by Gasteiger charge is -2.18. The summed E-state index contributed by atoms with van der Waals surface area (Å²) in [5.41, 5.74) is 0. The maximum atomic E-state index is 12.8. The SMILES string of the molecule is CC\C=C/C=C\C=C/C=C\C=C\C=C/C=C\CCCCCC(=O)OCC(COC(=O)CCCCCCC\C=C/C=C\C=C/CC)OC(=O)CCCCCCCC/C=C\C/C=C\C/C=C\CC. The Bertz CT molecular complexity index is 1560. The zero-order valence-electron chi connectivity index (χ0n) is 41.6. The van der Waals surface area contributed by atoms with Crippen molar-refractivity contribution in [3.63, 3.8) is 0 Å². The van der Waals surface area contributed by atoms with Gasteiger partial charge in [0.1, 0.15) is 13.2 Å². The fourth-order valence-electron chi connectivity index (χ4n) is 6.26. The van der Waals surface area contributed by atoms with Gasteiger partial charge in [0.2, 0.25) is 0 Å². The normalized spacial score (nSPS) is 13.4. The van der Waals surface area contributed by atoms with Crippen molar-refractivity contribution in [1.82, 2.24) is 0 Å². The molecule has 0 aromatic heterocycles. The lowest BCUT2D eigenvalue weighted by Crippen LogP contribution is -2.30. The van der Waals surface area contributed by atoms with E-state index in [1.54, 1.807) is 0 Å². The maximum Gasteiger partial charge on any atom is 0.306 e. The van der Waals surface area contributed by atoms with Crippen molar-refractivity contribution in [2.75, 3.05) is 13.2 Å². The molecule has 366 valence electrons. The number of carbonyl (C=O) groups excluding carboxylic acids is 3. The summed E-state index contributed by atoms with van der Waals surface area (Å²) in [5, 5.41) is 0. The molecule has 0 aliphatic rings. The molecule has 0 aliphatic carbocycles. The molecule has 0 aromatic carbocycles. The first-order valence-electron chi connectivity index (χ1n) is 25.6. The molecule has 1 atom stereocenters. The third-order valence-corrected chi connectivity index (χ3v) is 10.0. The molecule has 6 heteroatoms. The average Bonchev–Trinajstić information content (AvgIpc) is 3.31. The number of ether oxygens (including phenoxy) is 3. The van der Waals surface area contributed by atoms with Gasteiger partial charge in [0.05, 0.1) is 0 Å². The summed E-state index contributed by atoms with van der Waals surface area (Å²) in [6, 6.07) is 0. The quantitative estimate of drug-likeness (QED) is 0.0199. The lowest BCUT2D eigenvalue weighted by molar-refractivity contribution is -0.167. The summed E-state index contributed by atoms with van der Waals surface area (Å²) in [6.45, 7) is 6.15. The van der Waals surface area contributed by atoms with Crippen molar-refractivity contribution < 1.29 is 28.6 Å². The molecule has 6 nitrogen and oxygen atoms in total. The second-order valence-corrected chi connectivity index (χ2v) is 16.2. The predicted molar refractivity (Wildman–Crippen MR) is 283 cm³/mol. The van der Waals surface area contributed by atoms with E-state index in [9.17, 15) is 14.4 Å². The maximum absolute atomic E-state index is 12.8. The summed E-state index contributed by atoms with van der Waals surface area (Å²) in [7, 11) is 0. The molecule has 0 amide bonds. The Kier molecular flexibility index (Phi) is 48.7. The van der Waals surface area contributed by atoms with E-state index in [2.05, 4.69) is 99.8 Å². The second-order valence-electron chi connectivity index (χ2n) is 16.2. The molecule has 0 fully saturated rings. The van der Waals surface area contributed by atoms with Crippen LogP contribution in [-0.4, -0.2) is 37.2 Å². The molecule has 66 heavy (non-hydrogen) atoms. The molecule has 0 saturated heterocycles. The minimum atomic E-state index is -0.821. The van der Waals surface area contributed by atoms with E-state index in [0.29, 0.717) is 19.3 Å². The van der Waals surface area contributed by atoms with Crippen molar-refractivity contribution in [1.29, 1.82) is 0 Å². The highest BCUT2D eigenvalue weighted by Crippen LogP contribution is 2.13. The molecular weight excluding hydrogens is 817 g/mol. The van der Waals surface area contributed by atoms with Crippen LogP contribution in [0.4, 0.5) is 0 Å². The summed E-state index contributed by atoms with van der Waals surface area (Å²) < 4.78 is 16.7. The molecular formula is C60H90O6. The summed E-state index contributed by atoms with van der Waals surface area (Å²) >= 11 is 0. The van der Waals surface area contributed by atoms with Gasteiger partial charge in [-0.1, -0.05) is 230 Å². The van der Waals surface area contributed by atoms with Gasteiger partial charge >= 0.3 is 17.9 Å². The van der Waals surface area contributed by atoms with Crippen LogP contribution in [-0.2, 0) is 28.6 Å². The summed E-state index contributed by atoms with van der Waals surface area (Å²) in [4.78, 5) is 38.0. The molecule has 0 radical (unpaired) electrons. The Balaban J connectivity index is 4.58. The zero-order valence-corrected chi connectivity index (χ0v) is 41.6. The van der Waals surface area contributed by atoms with Gasteiger partial charge in [-0.05, 0) is 89.9 Å². The van der Waals surface area contributed by atoms with Gasteiger partial charge in [0, 0.05) is 19.3 Å². The fourth-order valence-corrected chi connectivity index (χ4v) is 6.26. The van der Waals surface area contributed by atoms with Gasteiger partial charge in [-0.25, -0.2) is 0 Å². The van der Waals surface area contributed by atoms with Gasteiger partial charge in [-0.3, -0.25) is 14.4 Å². The third kappa shape index (κ3) is 50.0. The Labute approximate surface area is 403 Å². The first kappa shape index (κ1) is 61.0. The van der Waals surface area contributed by atoms with Crippen molar-refractivity contribution in [3.8, 4) is 0 Å². The number of carbonyl (C=O) groups is 3. The number of hydrogen-bond donors (Lipinski definition) is 0. The van der Waals surface area contributed by atoms with Gasteiger partial charge < -0.3 is 14.2 Å². The van der Waals surface area contributed by atoms with Crippen molar-refractivity contribution in [2.24, 2.45) is 0 Å². The van der Waals surface area contributed by atoms with Gasteiger partial charge in [0.25, 0.3) is 0 Å². The van der Waals surface area contributed by atoms with Crippen molar-refractivity contribution in [2.45, 2.75) is 187 Å². The standard InChI is InChI=1S/C60H90O6/c1-4-7-10-13-16-19-22-25-27-29-30-31-33-35-38-41-44-47-50-53-59(62)65-56-57(55-64-58(61)52-49-46-43-40-37-34-24-21-18-15-12-9-6-3)66-60(63)54-51-48-45-42-39-36-32-28-26-23-20-17-14-11-8-5-2/h7-13,15-22,24-31,33,35,38,57H,4-6,14,23,32,34,36-37,39-56H2,1-3H3/b10-7-,11-8-,12-9-,16-13-,18-15-,20-17-,22-19-,24-21-,27-25-,28-26-,30-29+,33-31-,38-35-. The second kappa shape index (κ2) is 52.7. The highest BCUT2D eigenvalue weighted by molar-refractivity contribution is 5.71. The minimum Gasteiger partial charge on any atom is -0.462 e. The number of rotatable bonds is 43. The van der Waals surface area contributed by atoms with Crippen LogP contribution in [0.2, 0.25) is 0 Å². The number of allylic oxidation sites excluding steroid dienone is 26. The van der Waals surface area contributed by atoms with Crippen LogP contribution in [0, 0.1) is 0 Å². The van der Waals surface area contributed by atoms with E-state index in [1.807, 2.05) is 79.0 Å². The largest absolute Gasteiger partial charge is 0.462 e. The van der Waals surface area contributed by atoms with Crippen molar-refractivity contribution in [3.05, 3.63) is 158 Å². The summed E-state index contributed by atoms with van der Waals surface area (Å²) in [6.07, 6.45) is 76.5. The predicted octanol–water partition coefficient (Wildman–Crippen LogP) is 17.0. The molecule has 0 saturated carbocycles. The van der Waals surface area contributed by atoms with Crippen LogP contribution in [0.25, 0.3) is 0 Å². The van der Waals surface area contributed by atoms with E-state index in [4.69, 9.17) is 14.2 Å². The highest BCUT2D eigenvalue weighted by atomic mass is 16.6. The number of unbranched alkanes of at least 4 members (excludes halogenated alkanes) is 14. The molecule has 0 heterocycles. The van der Waals surface area contributed by atoms with E-state index < -0.39 is 6.10 Å². The molecule has 0 aliphatic heterocycles. The van der Waals surface area contributed by atoms with Crippen LogP contribution in [0.5, 0.6) is 0 Å². The molecule has 1 unspecified atom stereocenters. The number of esters is 3. The van der Waals surface area contributed by atoms with E-state index >= 15 is 0 Å². The Morgan fingerprint density at radius 1 is 0.318 bits per heavy atom. The minimum absolute atomic E-state index is 0.117. The van der Waals surface area contributed by atoms with Gasteiger partial charge in [0.15, 0.2) is 6.10 Å². The number of hydrogen-bond acceptors (Lipinski definition) is 6. The van der Waals surface area contributed by atoms with Crippen LogP contribution in [0.15, 0.2) is 158 Å². The van der Waals surface area contributed by atoms with Crippen molar-refractivity contribution >= 4 is 17.9 Å². The Morgan fingerprint density at radius 3 is 1.05 bits per heavy atom. The summed E-state index contributed by atoms with van der Waals surface area (Å²) in [5.74, 6) is -1.01. The van der Waals surface area contributed by atoms with Crippen LogP contribution >= 0.6 is 0 Å². The van der Waals surface area contributed by atoms with Crippen LogP contribution in [0.3, 0.4) is 0 Å². The fraction of sp³-hybridized carbons (Fsp3) is 0.517. The third-order valence-electron chi connectivity index (χ3n) is 10.0. The van der Waals surface area contributed by atoms with E-state index in [0.717, 1.165) is 122 Å². The topological polar surface area (TPSA) is 78.9 Å². The van der Waals surface area contributed by atoms with Crippen LogP contribution < -0.4 is 0 Å². The Morgan fingerprint density at radius 2 is 0.621 bits per heavy atom. The molecule has 0 bridgehead atoms. The Hall–Kier alpha value is -4.97. The molecule has 0 N–H and O–H groups in total. The molecule has 0 rings (SSSR count). The first-order chi connectivity index (χ1) is 32.5. The lowest BCUT2D eigenvalue weighted by atomic mass is 10.1. The van der Waals surface area contributed by atoms with E-state index in [-0.39, 0.29) is 37.5 Å². The average molecular weight is 907 g/mol. The molecule has 0 spiro atoms.